The van der Waals surface area contributed by atoms with E-state index in [2.05, 4.69) is 102 Å². The van der Waals surface area contributed by atoms with E-state index in [9.17, 15) is 0 Å². The second kappa shape index (κ2) is 9.13. The molecule has 3 nitrogen and oxygen atoms in total. The predicted octanol–water partition coefficient (Wildman–Crippen LogP) is 7.43. The molecule has 2 aromatic heterocycles. The van der Waals surface area contributed by atoms with Crippen molar-refractivity contribution in [3.8, 4) is 22.4 Å². The summed E-state index contributed by atoms with van der Waals surface area (Å²) in [6.45, 7) is 14.8. The molecule has 0 spiro atoms. The van der Waals surface area contributed by atoms with Crippen LogP contribution in [0.2, 0.25) is 13.1 Å². The molecule has 0 fully saturated rings. The molecule has 0 amide bonds. The van der Waals surface area contributed by atoms with Crippen molar-refractivity contribution in [2.24, 2.45) is 7.05 Å². The first-order valence-electron chi connectivity index (χ1n) is 12.9. The number of nitrogens with zero attached hydrogens (tertiary/aromatic N) is 2. The lowest BCUT2D eigenvalue weighted by molar-refractivity contribution is -0.660. The number of hydrogen-bond acceptors (Lipinski definition) is 1. The van der Waals surface area contributed by atoms with Gasteiger partial charge in [0.25, 0.3) is 0 Å². The van der Waals surface area contributed by atoms with Gasteiger partial charge >= 0.3 is 0 Å². The molecule has 0 N–H and O–H groups in total. The van der Waals surface area contributed by atoms with Gasteiger partial charge in [0.15, 0.2) is 11.9 Å². The van der Waals surface area contributed by atoms with Gasteiger partial charge in [-0.3, -0.25) is 0 Å². The topological polar surface area (TPSA) is 21.4 Å². The molecule has 2 heterocycles. The minimum absolute atomic E-state index is 0.615. The molecule has 0 bridgehead atoms. The van der Waals surface area contributed by atoms with Gasteiger partial charge in [-0.15, -0.1) is 0 Å². The molecule has 0 atom stereocenters. The molecule has 0 unspecified atom stereocenters. The van der Waals surface area contributed by atoms with E-state index in [-0.39, 0.29) is 0 Å². The fraction of sp³-hybridized carbons (Fsp3) is 0.118. The van der Waals surface area contributed by atoms with Crippen LogP contribution in [0.4, 0.5) is 5.69 Å². The molecule has 0 aliphatic rings. The molecule has 0 saturated carbocycles. The number of benzene rings is 4. The van der Waals surface area contributed by atoms with Crippen molar-refractivity contribution >= 4 is 46.1 Å². The van der Waals surface area contributed by atoms with Crippen molar-refractivity contribution in [3.63, 3.8) is 0 Å². The fourth-order valence-electron chi connectivity index (χ4n) is 5.53. The summed E-state index contributed by atoms with van der Waals surface area (Å²) in [5.74, 6) is 0. The quantitative estimate of drug-likeness (QED) is 0.138. The predicted molar refractivity (Wildman–Crippen MR) is 160 cm³/mol. The van der Waals surface area contributed by atoms with Crippen LogP contribution < -0.4 is 14.9 Å². The SMILES string of the molecule is [C-]#[N+]c1ccc(-c2ccc([Si](C)(C)c3ccccc3)cc2)c2oc3c(-c4cccc[n+]4C)c(C)ccc3c12. The van der Waals surface area contributed by atoms with Gasteiger partial charge < -0.3 is 4.42 Å². The number of rotatable bonds is 4. The van der Waals surface area contributed by atoms with E-state index in [0.29, 0.717) is 5.69 Å². The van der Waals surface area contributed by atoms with Gasteiger partial charge in [0.2, 0.25) is 5.69 Å². The van der Waals surface area contributed by atoms with Crippen molar-refractivity contribution in [1.82, 2.24) is 0 Å². The summed E-state index contributed by atoms with van der Waals surface area (Å²) >= 11 is 0. The zero-order valence-corrected chi connectivity index (χ0v) is 23.1. The summed E-state index contributed by atoms with van der Waals surface area (Å²) in [4.78, 5) is 3.87. The van der Waals surface area contributed by atoms with Crippen LogP contribution in [0.3, 0.4) is 0 Å². The van der Waals surface area contributed by atoms with Crippen molar-refractivity contribution < 1.29 is 8.98 Å². The third-order valence-corrected chi connectivity index (χ3v) is 11.4. The first kappa shape index (κ1) is 23.9. The van der Waals surface area contributed by atoms with Crippen LogP contribution in [0, 0.1) is 13.5 Å². The van der Waals surface area contributed by atoms with E-state index in [4.69, 9.17) is 11.0 Å². The third-order valence-electron chi connectivity index (χ3n) is 7.82. The lowest BCUT2D eigenvalue weighted by Gasteiger charge is -2.24. The van der Waals surface area contributed by atoms with Crippen LogP contribution in [0.5, 0.6) is 0 Å². The van der Waals surface area contributed by atoms with Crippen LogP contribution in [0.1, 0.15) is 5.56 Å². The second-order valence-electron chi connectivity index (χ2n) is 10.4. The zero-order chi connectivity index (χ0) is 26.4. The number of pyridine rings is 1. The average molecular weight is 510 g/mol. The minimum atomic E-state index is -1.80. The summed E-state index contributed by atoms with van der Waals surface area (Å²) in [5.41, 5.74) is 7.60. The number of hydrogen-bond donors (Lipinski definition) is 0. The first-order valence-corrected chi connectivity index (χ1v) is 15.9. The van der Waals surface area contributed by atoms with Crippen molar-refractivity contribution in [2.75, 3.05) is 0 Å². The largest absolute Gasteiger partial charge is 0.456 e. The van der Waals surface area contributed by atoms with Gasteiger partial charge in [-0.25, -0.2) is 9.41 Å². The van der Waals surface area contributed by atoms with Gasteiger partial charge in [0.05, 0.1) is 12.1 Å². The van der Waals surface area contributed by atoms with Gasteiger partial charge in [-0.05, 0) is 24.1 Å². The molecule has 6 rings (SSSR count). The standard InChI is InChI=1S/C34H29N2OSi/c1-23-14-19-28-32-29(35-2)21-20-27(33(32)37-34(28)31(23)30-13-9-10-22-36(30)3)24-15-17-26(18-16-24)38(4,5)25-11-7-6-8-12-25/h6-22H,1,3-5H3/q+1. The number of furan rings is 1. The minimum Gasteiger partial charge on any atom is -0.456 e. The molecule has 184 valence electrons. The molecule has 0 radical (unpaired) electrons. The van der Waals surface area contributed by atoms with E-state index in [1.54, 1.807) is 0 Å². The smallest absolute Gasteiger partial charge is 0.216 e. The Kier molecular flexibility index (Phi) is 5.74. The maximum absolute atomic E-state index is 7.87. The fourth-order valence-corrected chi connectivity index (χ4v) is 7.89. The van der Waals surface area contributed by atoms with Crippen LogP contribution in [-0.4, -0.2) is 8.07 Å². The van der Waals surface area contributed by atoms with Crippen molar-refractivity contribution in [3.05, 3.63) is 120 Å². The summed E-state index contributed by atoms with van der Waals surface area (Å²) < 4.78 is 8.83. The average Bonchev–Trinajstić information content (AvgIpc) is 3.33. The van der Waals surface area contributed by atoms with Crippen LogP contribution >= 0.6 is 0 Å². The number of fused-ring (bicyclic) bond motifs is 3. The molecule has 6 aromatic rings. The van der Waals surface area contributed by atoms with Crippen LogP contribution in [-0.2, 0) is 7.05 Å². The number of aryl methyl sites for hydroxylation is 2. The number of aromatic nitrogens is 1. The highest BCUT2D eigenvalue weighted by Crippen LogP contribution is 2.44. The maximum atomic E-state index is 7.87. The lowest BCUT2D eigenvalue weighted by Crippen LogP contribution is -2.52. The summed E-state index contributed by atoms with van der Waals surface area (Å²) in [5, 5.41) is 4.67. The molecule has 0 aliphatic carbocycles. The monoisotopic (exact) mass is 509 g/mol. The lowest BCUT2D eigenvalue weighted by atomic mass is 9.98. The van der Waals surface area contributed by atoms with Gasteiger partial charge in [0, 0.05) is 28.5 Å². The Balaban J connectivity index is 1.56. The summed E-state index contributed by atoms with van der Waals surface area (Å²) in [7, 11) is 0.253. The highest BCUT2D eigenvalue weighted by atomic mass is 28.3. The van der Waals surface area contributed by atoms with Gasteiger partial charge in [-0.2, -0.15) is 0 Å². The van der Waals surface area contributed by atoms with E-state index < -0.39 is 8.07 Å². The second-order valence-corrected chi connectivity index (χ2v) is 14.9. The summed E-state index contributed by atoms with van der Waals surface area (Å²) in [6.07, 6.45) is 2.05. The van der Waals surface area contributed by atoms with Gasteiger partial charge in [-0.1, -0.05) is 102 Å². The van der Waals surface area contributed by atoms with Crippen molar-refractivity contribution in [2.45, 2.75) is 20.0 Å². The van der Waals surface area contributed by atoms with E-state index >= 15 is 0 Å². The van der Waals surface area contributed by atoms with Gasteiger partial charge in [0.1, 0.15) is 26.3 Å². The Bertz CT molecular complexity index is 1860. The van der Waals surface area contributed by atoms with Crippen LogP contribution in [0.25, 0.3) is 49.2 Å². The normalized spacial score (nSPS) is 11.7. The van der Waals surface area contributed by atoms with Crippen molar-refractivity contribution in [1.29, 1.82) is 0 Å². The molecule has 38 heavy (non-hydrogen) atoms. The van der Waals surface area contributed by atoms with E-state index in [0.717, 1.165) is 49.9 Å². The molecular formula is C34H29N2OSi+. The Labute approximate surface area is 224 Å². The molecule has 0 saturated heterocycles. The first-order chi connectivity index (χ1) is 18.4. The molecule has 4 aromatic carbocycles. The van der Waals surface area contributed by atoms with E-state index in [1.807, 2.05) is 37.5 Å². The summed E-state index contributed by atoms with van der Waals surface area (Å²) in [6, 6.07) is 34.1. The molecular weight excluding hydrogens is 480 g/mol. The van der Waals surface area contributed by atoms with Crippen LogP contribution in [0.15, 0.2) is 108 Å². The zero-order valence-electron chi connectivity index (χ0n) is 22.1. The Morgan fingerprint density at radius 1 is 0.763 bits per heavy atom. The molecule has 0 aliphatic heterocycles. The highest BCUT2D eigenvalue weighted by molar-refractivity contribution is 7.00. The Morgan fingerprint density at radius 3 is 2.18 bits per heavy atom. The molecule has 4 heteroatoms. The third kappa shape index (κ3) is 3.75. The Hall–Kier alpha value is -4.46. The maximum Gasteiger partial charge on any atom is 0.216 e. The van der Waals surface area contributed by atoms with E-state index in [1.165, 1.54) is 10.4 Å². The Morgan fingerprint density at radius 2 is 1.47 bits per heavy atom. The highest BCUT2D eigenvalue weighted by Gasteiger charge is 2.26.